The first kappa shape index (κ1) is 34.0. The van der Waals surface area contributed by atoms with Crippen LogP contribution in [0.5, 0.6) is 0 Å². The molecule has 2 heterocycles. The number of esters is 1. The summed E-state index contributed by atoms with van der Waals surface area (Å²) in [6.07, 6.45) is 0.673. The van der Waals surface area contributed by atoms with Gasteiger partial charge in [0.1, 0.15) is 23.4 Å². The minimum absolute atomic E-state index is 0.0724. The van der Waals surface area contributed by atoms with Crippen LogP contribution in [-0.4, -0.2) is 66.8 Å². The smallest absolute Gasteiger partial charge is 0.309 e. The number of aliphatic hydroxyl groups is 2. The number of fused-ring (bicyclic) bond motifs is 2. The van der Waals surface area contributed by atoms with E-state index >= 15 is 0 Å². The fraction of sp³-hybridized carbons (Fsp3) is 0.703. The molecule has 11 heteroatoms. The summed E-state index contributed by atoms with van der Waals surface area (Å²) in [4.78, 5) is 42.4. The van der Waals surface area contributed by atoms with E-state index in [1.54, 1.807) is 12.1 Å². The summed E-state index contributed by atoms with van der Waals surface area (Å²) in [7, 11) is -3.76. The van der Waals surface area contributed by atoms with Crippen molar-refractivity contribution >= 4 is 27.6 Å². The van der Waals surface area contributed by atoms with Gasteiger partial charge in [-0.2, -0.15) is 0 Å². The van der Waals surface area contributed by atoms with Crippen LogP contribution in [0.2, 0.25) is 0 Å². The number of aliphatic hydroxyl groups excluding tert-OH is 1. The Labute approximate surface area is 283 Å². The molecule has 8 atom stereocenters. The Morgan fingerprint density at radius 2 is 1.69 bits per heavy atom. The highest BCUT2D eigenvalue weighted by molar-refractivity contribution is 7.89. The summed E-state index contributed by atoms with van der Waals surface area (Å²) in [6.45, 7) is 14.2. The Hall–Kier alpha value is -2.44. The number of ketones is 2. The van der Waals surface area contributed by atoms with Crippen LogP contribution in [0.3, 0.4) is 0 Å². The third kappa shape index (κ3) is 4.42. The highest BCUT2D eigenvalue weighted by atomic mass is 32.2. The Bertz CT molecular complexity index is 1670. The van der Waals surface area contributed by atoms with Gasteiger partial charge >= 0.3 is 5.97 Å². The number of carbonyl (C=O) groups excluding carboxylic acids is 3. The highest BCUT2D eigenvalue weighted by Gasteiger charge is 2.88. The predicted molar refractivity (Wildman–Crippen MR) is 175 cm³/mol. The van der Waals surface area contributed by atoms with Crippen molar-refractivity contribution in [2.45, 2.75) is 120 Å². The number of Topliss-reactive ketones (excluding diaryl/α,β-unsaturated/α-hetero) is 2. The summed E-state index contributed by atoms with van der Waals surface area (Å²) in [5, 5.41) is 24.3. The number of nitrogens with one attached hydrogen (secondary N) is 1. The van der Waals surface area contributed by atoms with E-state index in [-0.39, 0.29) is 40.7 Å². The van der Waals surface area contributed by atoms with Crippen LogP contribution in [0.25, 0.3) is 0 Å². The molecule has 1 aromatic rings. The zero-order chi connectivity index (χ0) is 34.8. The van der Waals surface area contributed by atoms with E-state index in [4.69, 9.17) is 9.47 Å². The van der Waals surface area contributed by atoms with Crippen LogP contribution < -0.4 is 4.72 Å². The van der Waals surface area contributed by atoms with E-state index in [0.29, 0.717) is 44.9 Å². The molecule has 0 aromatic heterocycles. The standard InChI is InChI=1S/C37H49NO9S/c1-20-25-15-16-26-35-19-46-37(43,30(41)28(35)34(5,6)18-17-27(35)39)36(26,29(20)40)31(25)47-32(42)21-7-11-23(12-8-21)38-48(44,45)24-13-9-22(10-14-24)33(2,3)4/h9-10,13-14,21,23,25-26,28,30-31,38,41,43H,1,7-8,11-12,15-19H2,2-6H3/t21?,23?,25-,26-,28+,30-,31+,35+,36-,37-/m0/s1. The van der Waals surface area contributed by atoms with Gasteiger partial charge in [-0.3, -0.25) is 14.4 Å². The van der Waals surface area contributed by atoms with E-state index < -0.39 is 79.7 Å². The first-order valence-corrected chi connectivity index (χ1v) is 19.0. The molecular formula is C37H49NO9S. The summed E-state index contributed by atoms with van der Waals surface area (Å²) >= 11 is 0. The third-order valence-electron chi connectivity index (χ3n) is 13.3. The second-order valence-corrected chi connectivity index (χ2v) is 18.8. The molecule has 5 saturated carbocycles. The van der Waals surface area contributed by atoms with Crippen LogP contribution in [0.1, 0.15) is 91.5 Å². The monoisotopic (exact) mass is 683 g/mol. The molecule has 3 N–H and O–H groups in total. The minimum atomic E-state index is -3.76. The van der Waals surface area contributed by atoms with Gasteiger partial charge in [0.2, 0.25) is 15.8 Å². The number of ether oxygens (including phenoxy) is 2. The number of hydrogen-bond acceptors (Lipinski definition) is 9. The minimum Gasteiger partial charge on any atom is -0.460 e. The lowest BCUT2D eigenvalue weighted by Gasteiger charge is -2.73. The van der Waals surface area contributed by atoms with Crippen LogP contribution in [0.4, 0.5) is 0 Å². The quantitative estimate of drug-likeness (QED) is 0.309. The Kier molecular flexibility index (Phi) is 7.64. The molecule has 8 rings (SSSR count). The largest absolute Gasteiger partial charge is 0.460 e. The van der Waals surface area contributed by atoms with Crippen molar-refractivity contribution in [1.29, 1.82) is 0 Å². The average molecular weight is 684 g/mol. The van der Waals surface area contributed by atoms with Gasteiger partial charge in [0.05, 0.1) is 22.8 Å². The van der Waals surface area contributed by atoms with Crippen molar-refractivity contribution < 1.29 is 42.5 Å². The van der Waals surface area contributed by atoms with Gasteiger partial charge in [-0.05, 0) is 85.0 Å². The SMILES string of the molecule is C=C1C(=O)[C@]23[C@H](OC(=O)C4CCC(NS(=O)(=O)c5ccc(C(C)(C)C)cc5)CC4)[C@H]1CC[C@H]2[C@@]12CO[C@@]3(O)[C@@H](O)[C@@H]1C(C)(C)CCC2=O. The predicted octanol–water partition coefficient (Wildman–Crippen LogP) is 3.97. The number of hydrogen-bond donors (Lipinski definition) is 3. The van der Waals surface area contributed by atoms with Crippen molar-refractivity contribution in [2.75, 3.05) is 6.61 Å². The fourth-order valence-electron chi connectivity index (χ4n) is 10.9. The molecule has 2 aliphatic heterocycles. The van der Waals surface area contributed by atoms with Crippen molar-refractivity contribution in [3.05, 3.63) is 42.0 Å². The molecule has 7 fully saturated rings. The summed E-state index contributed by atoms with van der Waals surface area (Å²) in [5.74, 6) is -5.84. The molecule has 262 valence electrons. The maximum Gasteiger partial charge on any atom is 0.309 e. The average Bonchev–Trinajstić information content (AvgIpc) is 3.13. The molecule has 0 unspecified atom stereocenters. The molecule has 2 spiro atoms. The molecule has 48 heavy (non-hydrogen) atoms. The first-order valence-electron chi connectivity index (χ1n) is 17.5. The lowest BCUT2D eigenvalue weighted by molar-refractivity contribution is -0.437. The van der Waals surface area contributed by atoms with E-state index in [1.807, 2.05) is 26.0 Å². The molecule has 5 aliphatic carbocycles. The van der Waals surface area contributed by atoms with Crippen LogP contribution >= 0.6 is 0 Å². The number of carbonyl (C=O) groups is 3. The third-order valence-corrected chi connectivity index (χ3v) is 14.8. The van der Waals surface area contributed by atoms with Crippen molar-refractivity contribution in [3.63, 3.8) is 0 Å². The fourth-order valence-corrected chi connectivity index (χ4v) is 12.2. The van der Waals surface area contributed by atoms with Crippen molar-refractivity contribution in [3.8, 4) is 0 Å². The van der Waals surface area contributed by atoms with Crippen molar-refractivity contribution in [2.24, 2.45) is 39.9 Å². The van der Waals surface area contributed by atoms with E-state index in [9.17, 15) is 33.0 Å². The topological polar surface area (TPSA) is 156 Å². The van der Waals surface area contributed by atoms with Gasteiger partial charge in [0.25, 0.3) is 0 Å². The van der Waals surface area contributed by atoms with E-state index in [0.717, 1.165) is 5.56 Å². The molecule has 1 aromatic carbocycles. The molecular weight excluding hydrogens is 634 g/mol. The van der Waals surface area contributed by atoms with Gasteiger partial charge in [0, 0.05) is 24.3 Å². The molecule has 0 amide bonds. The Morgan fingerprint density at radius 3 is 2.31 bits per heavy atom. The number of benzene rings is 1. The van der Waals surface area contributed by atoms with Gasteiger partial charge in [0.15, 0.2) is 5.78 Å². The lowest BCUT2D eigenvalue weighted by atomic mass is 9.36. The second kappa shape index (κ2) is 10.8. The summed E-state index contributed by atoms with van der Waals surface area (Å²) in [5.41, 5.74) is -2.36. The first-order chi connectivity index (χ1) is 22.3. The number of rotatable bonds is 5. The normalized spacial score (nSPS) is 41.9. The van der Waals surface area contributed by atoms with Gasteiger partial charge in [-0.1, -0.05) is 53.3 Å². The number of sulfonamides is 1. The van der Waals surface area contributed by atoms with E-state index in [2.05, 4.69) is 32.1 Å². The zero-order valence-corrected chi connectivity index (χ0v) is 29.4. The maximum absolute atomic E-state index is 14.3. The Morgan fingerprint density at radius 1 is 1.04 bits per heavy atom. The molecule has 4 bridgehead atoms. The lowest BCUT2D eigenvalue weighted by Crippen LogP contribution is -2.85. The zero-order valence-electron chi connectivity index (χ0n) is 28.6. The van der Waals surface area contributed by atoms with Crippen LogP contribution in [0, 0.1) is 39.9 Å². The second-order valence-electron chi connectivity index (χ2n) is 17.1. The van der Waals surface area contributed by atoms with Crippen LogP contribution in [0.15, 0.2) is 41.3 Å². The maximum atomic E-state index is 14.3. The molecule has 10 nitrogen and oxygen atoms in total. The van der Waals surface area contributed by atoms with Crippen molar-refractivity contribution in [1.82, 2.24) is 4.72 Å². The van der Waals surface area contributed by atoms with Gasteiger partial charge in [-0.25, -0.2) is 13.1 Å². The Balaban J connectivity index is 1.10. The van der Waals surface area contributed by atoms with Crippen LogP contribution in [-0.2, 0) is 39.3 Å². The van der Waals surface area contributed by atoms with Gasteiger partial charge < -0.3 is 19.7 Å². The summed E-state index contributed by atoms with van der Waals surface area (Å²) < 4.78 is 41.5. The highest BCUT2D eigenvalue weighted by Crippen LogP contribution is 2.76. The summed E-state index contributed by atoms with van der Waals surface area (Å²) in [6, 6.07) is 6.52. The van der Waals surface area contributed by atoms with Gasteiger partial charge in [-0.15, -0.1) is 0 Å². The van der Waals surface area contributed by atoms with E-state index in [1.165, 1.54) is 0 Å². The molecule has 7 aliphatic rings. The molecule has 0 radical (unpaired) electrons. The molecule has 2 saturated heterocycles.